The van der Waals surface area contributed by atoms with E-state index in [0.29, 0.717) is 5.82 Å². The van der Waals surface area contributed by atoms with Crippen LogP contribution in [0.2, 0.25) is 0 Å². The zero-order valence-corrected chi connectivity index (χ0v) is 14.9. The number of para-hydroxylation sites is 1. The highest BCUT2D eigenvalue weighted by atomic mass is 79.9. The van der Waals surface area contributed by atoms with Gasteiger partial charge in [-0.05, 0) is 40.2 Å². The molecule has 1 aromatic heterocycles. The Morgan fingerprint density at radius 2 is 1.73 bits per heavy atom. The number of nitrogen functional groups attached to an aromatic ring is 1. The van der Waals surface area contributed by atoms with Crippen LogP contribution in [-0.4, -0.2) is 15.9 Å². The molecule has 1 heterocycles. The lowest BCUT2D eigenvalue weighted by atomic mass is 10.2. The zero-order valence-electron chi connectivity index (χ0n) is 13.3. The van der Waals surface area contributed by atoms with Crippen LogP contribution in [-0.2, 0) is 0 Å². The fourth-order valence-electron chi connectivity index (χ4n) is 2.11. The lowest BCUT2D eigenvalue weighted by molar-refractivity contribution is 0.0958. The SMILES string of the molecule is Nc1c(NNC(=O)c2ccccc2F)ncnc1Nc1ccccc1Br. The molecule has 1 amide bonds. The van der Waals surface area contributed by atoms with Crippen molar-refractivity contribution >= 4 is 44.8 Å². The van der Waals surface area contributed by atoms with Crippen molar-refractivity contribution in [3.05, 3.63) is 70.7 Å². The molecule has 0 saturated heterocycles. The van der Waals surface area contributed by atoms with Crippen LogP contribution >= 0.6 is 15.9 Å². The maximum Gasteiger partial charge on any atom is 0.272 e. The summed E-state index contributed by atoms with van der Waals surface area (Å²) in [5, 5.41) is 3.07. The second-order valence-electron chi connectivity index (χ2n) is 5.15. The molecule has 2 aromatic carbocycles. The average molecular weight is 417 g/mol. The van der Waals surface area contributed by atoms with Gasteiger partial charge in [-0.15, -0.1) is 0 Å². The Labute approximate surface area is 157 Å². The zero-order chi connectivity index (χ0) is 18.5. The maximum atomic E-state index is 13.6. The monoisotopic (exact) mass is 416 g/mol. The fourth-order valence-corrected chi connectivity index (χ4v) is 2.50. The highest BCUT2D eigenvalue weighted by molar-refractivity contribution is 9.10. The Morgan fingerprint density at radius 3 is 2.50 bits per heavy atom. The van der Waals surface area contributed by atoms with Crippen LogP contribution in [0.4, 0.5) is 27.4 Å². The van der Waals surface area contributed by atoms with E-state index < -0.39 is 11.7 Å². The molecule has 3 aromatic rings. The van der Waals surface area contributed by atoms with E-state index >= 15 is 0 Å². The minimum absolute atomic E-state index is 0.0980. The third-order valence-electron chi connectivity index (χ3n) is 3.42. The number of carbonyl (C=O) groups excluding carboxylic acids is 1. The van der Waals surface area contributed by atoms with E-state index in [4.69, 9.17) is 5.73 Å². The molecule has 0 aliphatic heterocycles. The molecule has 0 radical (unpaired) electrons. The van der Waals surface area contributed by atoms with Gasteiger partial charge in [-0.1, -0.05) is 24.3 Å². The van der Waals surface area contributed by atoms with Gasteiger partial charge in [0, 0.05) is 4.47 Å². The fraction of sp³-hybridized carbons (Fsp3) is 0. The number of amides is 1. The highest BCUT2D eigenvalue weighted by Crippen LogP contribution is 2.29. The molecule has 0 bridgehead atoms. The van der Waals surface area contributed by atoms with Crippen LogP contribution in [0, 0.1) is 5.82 Å². The number of carbonyl (C=O) groups is 1. The quantitative estimate of drug-likeness (QED) is 0.474. The number of hydrogen-bond donors (Lipinski definition) is 4. The van der Waals surface area contributed by atoms with Crippen LogP contribution in [0.25, 0.3) is 0 Å². The van der Waals surface area contributed by atoms with Crippen LogP contribution < -0.4 is 21.9 Å². The molecule has 0 fully saturated rings. The molecule has 132 valence electrons. The molecule has 0 aliphatic carbocycles. The standard InChI is InChI=1S/C17H14BrFN6O/c18-11-6-2-4-8-13(11)23-15-14(20)16(22-9-21-15)24-25-17(26)10-5-1-3-7-12(10)19/h1-9H,20H2,(H,25,26)(H2,21,22,23,24). The third kappa shape index (κ3) is 3.89. The smallest absolute Gasteiger partial charge is 0.272 e. The van der Waals surface area contributed by atoms with Crippen molar-refractivity contribution in [1.82, 2.24) is 15.4 Å². The maximum absolute atomic E-state index is 13.6. The number of nitrogens with one attached hydrogen (secondary N) is 3. The number of nitrogens with zero attached hydrogens (tertiary/aromatic N) is 2. The van der Waals surface area contributed by atoms with E-state index in [1.165, 1.54) is 24.5 Å². The number of rotatable bonds is 5. The van der Waals surface area contributed by atoms with Crippen LogP contribution in [0.15, 0.2) is 59.3 Å². The van der Waals surface area contributed by atoms with Crippen molar-refractivity contribution in [3.8, 4) is 0 Å². The molecule has 0 unspecified atom stereocenters. The second kappa shape index (κ2) is 7.79. The van der Waals surface area contributed by atoms with Crippen molar-refractivity contribution in [2.24, 2.45) is 0 Å². The van der Waals surface area contributed by atoms with E-state index in [1.54, 1.807) is 6.07 Å². The number of benzene rings is 2. The molecule has 7 nitrogen and oxygen atoms in total. The van der Waals surface area contributed by atoms with Gasteiger partial charge in [-0.3, -0.25) is 15.6 Å². The Morgan fingerprint density at radius 1 is 1.04 bits per heavy atom. The number of hydrazine groups is 1. The molecular weight excluding hydrogens is 403 g/mol. The molecule has 0 saturated carbocycles. The molecule has 5 N–H and O–H groups in total. The van der Waals surface area contributed by atoms with Gasteiger partial charge in [0.2, 0.25) is 0 Å². The Hall–Kier alpha value is -3.20. The summed E-state index contributed by atoms with van der Waals surface area (Å²) in [5.41, 5.74) is 11.9. The summed E-state index contributed by atoms with van der Waals surface area (Å²) in [7, 11) is 0. The van der Waals surface area contributed by atoms with Gasteiger partial charge in [0.15, 0.2) is 11.6 Å². The topological polar surface area (TPSA) is 105 Å². The number of anilines is 4. The minimum Gasteiger partial charge on any atom is -0.393 e. The molecule has 26 heavy (non-hydrogen) atoms. The van der Waals surface area contributed by atoms with Gasteiger partial charge < -0.3 is 11.1 Å². The first kappa shape index (κ1) is 17.6. The van der Waals surface area contributed by atoms with Crippen molar-refractivity contribution in [2.75, 3.05) is 16.5 Å². The largest absolute Gasteiger partial charge is 0.393 e. The van der Waals surface area contributed by atoms with Crippen LogP contribution in [0.5, 0.6) is 0 Å². The summed E-state index contributed by atoms with van der Waals surface area (Å²) >= 11 is 3.42. The molecule has 9 heteroatoms. The first-order valence-electron chi connectivity index (χ1n) is 7.49. The number of nitrogens with two attached hydrogens (primary N) is 1. The van der Waals surface area contributed by atoms with Gasteiger partial charge in [0.25, 0.3) is 5.91 Å². The summed E-state index contributed by atoms with van der Waals surface area (Å²) < 4.78 is 14.5. The predicted molar refractivity (Wildman–Crippen MR) is 101 cm³/mol. The molecule has 0 spiro atoms. The lowest BCUT2D eigenvalue weighted by Gasteiger charge is -2.14. The molecular formula is C17H14BrFN6O. The summed E-state index contributed by atoms with van der Waals surface area (Å²) in [4.78, 5) is 20.1. The van der Waals surface area contributed by atoms with Gasteiger partial charge in [0.05, 0.1) is 11.3 Å². The number of halogens is 2. The van der Waals surface area contributed by atoms with E-state index in [1.807, 2.05) is 24.3 Å². The van der Waals surface area contributed by atoms with Gasteiger partial charge in [-0.25, -0.2) is 14.4 Å². The van der Waals surface area contributed by atoms with E-state index in [0.717, 1.165) is 10.2 Å². The van der Waals surface area contributed by atoms with Crippen LogP contribution in [0.1, 0.15) is 10.4 Å². The molecule has 0 aliphatic rings. The molecule has 3 rings (SSSR count). The van der Waals surface area contributed by atoms with Crippen molar-refractivity contribution in [1.29, 1.82) is 0 Å². The van der Waals surface area contributed by atoms with Gasteiger partial charge in [0.1, 0.15) is 17.8 Å². The lowest BCUT2D eigenvalue weighted by Crippen LogP contribution is -2.31. The van der Waals surface area contributed by atoms with Crippen molar-refractivity contribution < 1.29 is 9.18 Å². The van der Waals surface area contributed by atoms with Crippen LogP contribution in [0.3, 0.4) is 0 Å². The number of hydrogen-bond acceptors (Lipinski definition) is 6. The molecule has 0 atom stereocenters. The van der Waals surface area contributed by atoms with Crippen molar-refractivity contribution in [2.45, 2.75) is 0 Å². The second-order valence-corrected chi connectivity index (χ2v) is 6.00. The van der Waals surface area contributed by atoms with E-state index in [2.05, 4.69) is 42.1 Å². The number of aromatic nitrogens is 2. The Balaban J connectivity index is 1.74. The van der Waals surface area contributed by atoms with E-state index in [9.17, 15) is 9.18 Å². The normalized spacial score (nSPS) is 10.2. The van der Waals surface area contributed by atoms with Crippen molar-refractivity contribution in [3.63, 3.8) is 0 Å². The van der Waals surface area contributed by atoms with Gasteiger partial charge >= 0.3 is 0 Å². The Bertz CT molecular complexity index is 952. The van der Waals surface area contributed by atoms with Gasteiger partial charge in [-0.2, -0.15) is 0 Å². The summed E-state index contributed by atoms with van der Waals surface area (Å²) in [6, 6.07) is 13.1. The first-order valence-corrected chi connectivity index (χ1v) is 8.28. The minimum atomic E-state index is -0.651. The first-order chi connectivity index (χ1) is 12.6. The van der Waals surface area contributed by atoms with E-state index in [-0.39, 0.29) is 17.1 Å². The third-order valence-corrected chi connectivity index (χ3v) is 4.12. The summed E-state index contributed by atoms with van der Waals surface area (Å²) in [6.45, 7) is 0. The average Bonchev–Trinajstić information content (AvgIpc) is 2.64. The highest BCUT2D eigenvalue weighted by Gasteiger charge is 2.13. The Kier molecular flexibility index (Phi) is 5.28. The summed E-state index contributed by atoms with van der Waals surface area (Å²) in [5.74, 6) is -0.742. The predicted octanol–water partition coefficient (Wildman–Crippen LogP) is 3.46. The summed E-state index contributed by atoms with van der Waals surface area (Å²) in [6.07, 6.45) is 1.28.